The number of para-hydroxylation sites is 1. The maximum absolute atomic E-state index is 12.9. The molecule has 5 rings (SSSR count). The molecule has 0 saturated carbocycles. The molecule has 6 heteroatoms. The number of rotatable bonds is 8. The second-order valence-corrected chi connectivity index (χ2v) is 7.87. The van der Waals surface area contributed by atoms with Crippen molar-refractivity contribution in [1.82, 2.24) is 4.90 Å². The zero-order chi connectivity index (χ0) is 22.6. The summed E-state index contributed by atoms with van der Waals surface area (Å²) in [6.07, 6.45) is 0.577. The number of benzene rings is 3. The van der Waals surface area contributed by atoms with Crippen molar-refractivity contribution in [2.75, 3.05) is 13.2 Å². The summed E-state index contributed by atoms with van der Waals surface area (Å²) in [6, 6.07) is 26.3. The summed E-state index contributed by atoms with van der Waals surface area (Å²) in [7, 11) is 0. The number of ether oxygens (including phenoxy) is 1. The Morgan fingerprint density at radius 2 is 1.70 bits per heavy atom. The predicted molar refractivity (Wildman–Crippen MR) is 125 cm³/mol. The minimum Gasteiger partial charge on any atom is -0.491 e. The molecule has 0 unspecified atom stereocenters. The van der Waals surface area contributed by atoms with Crippen molar-refractivity contribution < 1.29 is 23.5 Å². The summed E-state index contributed by atoms with van der Waals surface area (Å²) in [5.74, 6) is 0.575. The van der Waals surface area contributed by atoms with Crippen LogP contribution in [0.3, 0.4) is 0 Å². The van der Waals surface area contributed by atoms with Gasteiger partial charge in [-0.15, -0.1) is 0 Å². The van der Waals surface area contributed by atoms with Gasteiger partial charge in [-0.25, -0.2) is 0 Å². The third-order valence-corrected chi connectivity index (χ3v) is 5.46. The molecule has 0 bridgehead atoms. The number of aliphatic hydroxyl groups excluding tert-OH is 1. The van der Waals surface area contributed by atoms with E-state index in [2.05, 4.69) is 0 Å². The number of nitrogens with zero attached hydrogens (tertiary/aromatic N) is 1. The molecular weight excluding hydrogens is 418 g/mol. The van der Waals surface area contributed by atoms with Crippen LogP contribution in [-0.2, 0) is 6.54 Å². The Morgan fingerprint density at radius 3 is 2.52 bits per heavy atom. The van der Waals surface area contributed by atoms with Crippen LogP contribution in [0.2, 0.25) is 0 Å². The zero-order valence-corrected chi connectivity index (χ0v) is 17.9. The van der Waals surface area contributed by atoms with Gasteiger partial charge in [0.05, 0.1) is 12.8 Å². The van der Waals surface area contributed by atoms with Crippen LogP contribution in [0, 0.1) is 0 Å². The highest BCUT2D eigenvalue weighted by Crippen LogP contribution is 2.31. The topological polar surface area (TPSA) is 76.1 Å². The Balaban J connectivity index is 1.28. The maximum atomic E-state index is 12.9. The second-order valence-electron chi connectivity index (χ2n) is 7.87. The molecule has 0 spiro atoms. The Labute approximate surface area is 190 Å². The highest BCUT2D eigenvalue weighted by atomic mass is 16.5. The quantitative estimate of drug-likeness (QED) is 0.355. The van der Waals surface area contributed by atoms with Crippen molar-refractivity contribution in [3.63, 3.8) is 0 Å². The van der Waals surface area contributed by atoms with Gasteiger partial charge in [0.1, 0.15) is 29.6 Å². The average Bonchev–Trinajstić information content (AvgIpc) is 3.51. The van der Waals surface area contributed by atoms with Gasteiger partial charge in [0.15, 0.2) is 5.76 Å². The SMILES string of the molecule is O=C(c1ccco1)N(Cc1ccccc1)C[C@@H](O)COc1ccc2oc3ccccc3c2c1. The molecule has 2 heterocycles. The molecule has 0 aliphatic heterocycles. The van der Waals surface area contributed by atoms with Crippen LogP contribution in [0.5, 0.6) is 5.75 Å². The molecule has 0 fully saturated rings. The lowest BCUT2D eigenvalue weighted by molar-refractivity contribution is 0.0459. The monoisotopic (exact) mass is 441 g/mol. The maximum Gasteiger partial charge on any atom is 0.289 e. The molecule has 1 amide bonds. The molecule has 2 aromatic heterocycles. The molecular formula is C27H23NO5. The van der Waals surface area contributed by atoms with Crippen LogP contribution in [0.4, 0.5) is 0 Å². The molecule has 0 aliphatic rings. The number of carbonyl (C=O) groups is 1. The fraction of sp³-hybridized carbons (Fsp3) is 0.148. The first kappa shape index (κ1) is 20.8. The first-order chi connectivity index (χ1) is 16.2. The highest BCUT2D eigenvalue weighted by Gasteiger charge is 2.22. The van der Waals surface area contributed by atoms with Crippen LogP contribution >= 0.6 is 0 Å². The van der Waals surface area contributed by atoms with E-state index in [1.807, 2.05) is 72.8 Å². The van der Waals surface area contributed by atoms with Crippen LogP contribution in [0.1, 0.15) is 16.1 Å². The van der Waals surface area contributed by atoms with E-state index in [0.29, 0.717) is 12.3 Å². The fourth-order valence-corrected chi connectivity index (χ4v) is 3.87. The summed E-state index contributed by atoms with van der Waals surface area (Å²) in [4.78, 5) is 14.5. The summed E-state index contributed by atoms with van der Waals surface area (Å²) in [5, 5.41) is 12.6. The van der Waals surface area contributed by atoms with Gasteiger partial charge in [-0.05, 0) is 42.0 Å². The minimum absolute atomic E-state index is 0.0397. The third kappa shape index (κ3) is 4.61. The third-order valence-electron chi connectivity index (χ3n) is 5.46. The molecule has 166 valence electrons. The lowest BCUT2D eigenvalue weighted by Gasteiger charge is -2.25. The van der Waals surface area contributed by atoms with Gasteiger partial charge in [0, 0.05) is 17.3 Å². The van der Waals surface area contributed by atoms with Crippen molar-refractivity contribution >= 4 is 27.8 Å². The standard InChI is InChI=1S/C27H23NO5/c29-20(17-28(16-19-7-2-1-3-8-19)27(30)26-11-6-14-31-26)18-32-21-12-13-25-23(15-21)22-9-4-5-10-24(22)33-25/h1-15,20,29H,16-18H2/t20-/m1/s1. The Kier molecular flexibility index (Phi) is 5.83. The van der Waals surface area contributed by atoms with Gasteiger partial charge in [0.25, 0.3) is 5.91 Å². The van der Waals surface area contributed by atoms with Gasteiger partial charge in [0.2, 0.25) is 0 Å². The van der Waals surface area contributed by atoms with E-state index in [-0.39, 0.29) is 24.8 Å². The van der Waals surface area contributed by atoms with Gasteiger partial charge < -0.3 is 23.6 Å². The largest absolute Gasteiger partial charge is 0.491 e. The fourth-order valence-electron chi connectivity index (χ4n) is 3.87. The number of furan rings is 2. The molecule has 0 radical (unpaired) electrons. The number of hydrogen-bond acceptors (Lipinski definition) is 5. The van der Waals surface area contributed by atoms with Gasteiger partial charge in [-0.2, -0.15) is 0 Å². The zero-order valence-electron chi connectivity index (χ0n) is 17.9. The van der Waals surface area contributed by atoms with E-state index in [1.54, 1.807) is 17.0 Å². The molecule has 3 aromatic carbocycles. The van der Waals surface area contributed by atoms with Crippen molar-refractivity contribution in [3.05, 3.63) is 103 Å². The number of amides is 1. The Morgan fingerprint density at radius 1 is 0.909 bits per heavy atom. The van der Waals surface area contributed by atoms with Gasteiger partial charge in [-0.3, -0.25) is 4.79 Å². The van der Waals surface area contributed by atoms with E-state index in [1.165, 1.54) is 6.26 Å². The molecule has 1 atom stereocenters. The summed E-state index contributed by atoms with van der Waals surface area (Å²) in [5.41, 5.74) is 2.56. The Hall–Kier alpha value is -4.03. The predicted octanol–water partition coefficient (Wildman–Crippen LogP) is 5.26. The van der Waals surface area contributed by atoms with Crippen LogP contribution in [-0.4, -0.2) is 35.2 Å². The van der Waals surface area contributed by atoms with E-state index in [0.717, 1.165) is 27.5 Å². The van der Waals surface area contributed by atoms with E-state index >= 15 is 0 Å². The lowest BCUT2D eigenvalue weighted by atomic mass is 10.1. The smallest absolute Gasteiger partial charge is 0.289 e. The van der Waals surface area contributed by atoms with Crippen molar-refractivity contribution in [3.8, 4) is 5.75 Å². The summed E-state index contributed by atoms with van der Waals surface area (Å²) >= 11 is 0. The van der Waals surface area contributed by atoms with Crippen molar-refractivity contribution in [1.29, 1.82) is 0 Å². The van der Waals surface area contributed by atoms with Crippen LogP contribution in [0.25, 0.3) is 21.9 Å². The summed E-state index contributed by atoms with van der Waals surface area (Å²) in [6.45, 7) is 0.494. The number of hydrogen-bond donors (Lipinski definition) is 1. The lowest BCUT2D eigenvalue weighted by Crippen LogP contribution is -2.39. The van der Waals surface area contributed by atoms with E-state index < -0.39 is 6.10 Å². The van der Waals surface area contributed by atoms with Crippen molar-refractivity contribution in [2.45, 2.75) is 12.6 Å². The van der Waals surface area contributed by atoms with E-state index in [4.69, 9.17) is 13.6 Å². The first-order valence-electron chi connectivity index (χ1n) is 10.8. The minimum atomic E-state index is -0.885. The summed E-state index contributed by atoms with van der Waals surface area (Å²) < 4.78 is 17.0. The van der Waals surface area contributed by atoms with Crippen LogP contribution in [0.15, 0.2) is 100 Å². The molecule has 6 nitrogen and oxygen atoms in total. The van der Waals surface area contributed by atoms with Crippen molar-refractivity contribution in [2.24, 2.45) is 0 Å². The first-order valence-corrected chi connectivity index (χ1v) is 10.8. The molecule has 33 heavy (non-hydrogen) atoms. The highest BCUT2D eigenvalue weighted by molar-refractivity contribution is 6.05. The second kappa shape index (κ2) is 9.22. The average molecular weight is 441 g/mol. The number of carbonyl (C=O) groups excluding carboxylic acids is 1. The number of fused-ring (bicyclic) bond motifs is 3. The normalized spacial score (nSPS) is 12.2. The Bertz CT molecular complexity index is 1360. The van der Waals surface area contributed by atoms with Gasteiger partial charge in [-0.1, -0.05) is 48.5 Å². The molecule has 5 aromatic rings. The number of aliphatic hydroxyl groups is 1. The van der Waals surface area contributed by atoms with E-state index in [9.17, 15) is 9.90 Å². The molecule has 1 N–H and O–H groups in total. The van der Waals surface area contributed by atoms with Crippen LogP contribution < -0.4 is 4.74 Å². The molecule has 0 aliphatic carbocycles. The van der Waals surface area contributed by atoms with Gasteiger partial charge >= 0.3 is 0 Å². The molecule has 0 saturated heterocycles.